The van der Waals surface area contributed by atoms with E-state index in [0.29, 0.717) is 46.5 Å². The van der Waals surface area contributed by atoms with Gasteiger partial charge in [-0.2, -0.15) is 4.52 Å². The van der Waals surface area contributed by atoms with Crippen LogP contribution in [0.15, 0.2) is 35.0 Å². The van der Waals surface area contributed by atoms with Gasteiger partial charge in [0.25, 0.3) is 11.8 Å². The van der Waals surface area contributed by atoms with Crippen molar-refractivity contribution in [2.24, 2.45) is 0 Å². The Labute approximate surface area is 171 Å². The van der Waals surface area contributed by atoms with Gasteiger partial charge in [-0.15, -0.1) is 15.3 Å². The van der Waals surface area contributed by atoms with Gasteiger partial charge in [-0.3, -0.25) is 9.78 Å². The summed E-state index contributed by atoms with van der Waals surface area (Å²) >= 11 is 0. The summed E-state index contributed by atoms with van der Waals surface area (Å²) in [6, 6.07) is 6.81. The normalized spacial score (nSPS) is 10.9. The lowest BCUT2D eigenvalue weighted by Crippen LogP contribution is -2.22. The molecule has 0 radical (unpaired) electrons. The number of aryl methyl sites for hydroxylation is 1. The van der Waals surface area contributed by atoms with Crippen LogP contribution in [-0.2, 0) is 6.61 Å². The quantitative estimate of drug-likeness (QED) is 0.486. The Hall–Kier alpha value is -4.02. The fourth-order valence-corrected chi connectivity index (χ4v) is 2.73. The van der Waals surface area contributed by atoms with Gasteiger partial charge in [0.15, 0.2) is 17.1 Å². The van der Waals surface area contributed by atoms with Crippen LogP contribution in [0.4, 0.5) is 0 Å². The minimum atomic E-state index is -0.172. The van der Waals surface area contributed by atoms with Gasteiger partial charge in [-0.05, 0) is 26.0 Å². The summed E-state index contributed by atoms with van der Waals surface area (Å²) in [5.74, 6) is 1.53. The zero-order valence-electron chi connectivity index (χ0n) is 16.6. The van der Waals surface area contributed by atoms with E-state index in [1.54, 1.807) is 31.2 Å². The van der Waals surface area contributed by atoms with Crippen molar-refractivity contribution in [2.45, 2.75) is 20.5 Å². The molecule has 4 aromatic heterocycles. The largest absolute Gasteiger partial charge is 0.491 e. The predicted molar refractivity (Wildman–Crippen MR) is 104 cm³/mol. The van der Waals surface area contributed by atoms with Crippen LogP contribution in [0, 0.1) is 6.92 Å². The van der Waals surface area contributed by atoms with E-state index in [0.717, 1.165) is 0 Å². The Balaban J connectivity index is 1.58. The molecule has 0 saturated heterocycles. The SMILES string of the molecule is CCNC(=O)c1ccc(COc2nn3c(-c4cc(C)on4)nnc3cc2OC)nc1. The van der Waals surface area contributed by atoms with Gasteiger partial charge >= 0.3 is 0 Å². The van der Waals surface area contributed by atoms with Crippen molar-refractivity contribution in [1.82, 2.24) is 35.3 Å². The van der Waals surface area contributed by atoms with E-state index < -0.39 is 0 Å². The highest BCUT2D eigenvalue weighted by Crippen LogP contribution is 2.28. The molecule has 0 unspecified atom stereocenters. The maximum absolute atomic E-state index is 11.8. The van der Waals surface area contributed by atoms with Crippen molar-refractivity contribution in [3.05, 3.63) is 47.5 Å². The fraction of sp³-hybridized carbons (Fsp3) is 0.263. The number of hydrogen-bond acceptors (Lipinski definition) is 9. The van der Waals surface area contributed by atoms with Crippen LogP contribution in [-0.4, -0.2) is 49.5 Å². The van der Waals surface area contributed by atoms with Crippen LogP contribution in [0.1, 0.15) is 28.7 Å². The number of aromatic nitrogens is 6. The van der Waals surface area contributed by atoms with Crippen LogP contribution in [0.5, 0.6) is 11.6 Å². The van der Waals surface area contributed by atoms with Gasteiger partial charge in [0.05, 0.1) is 18.4 Å². The number of carbonyl (C=O) groups excluding carboxylic acids is 1. The summed E-state index contributed by atoms with van der Waals surface area (Å²) in [7, 11) is 1.51. The summed E-state index contributed by atoms with van der Waals surface area (Å²) in [6.07, 6.45) is 1.50. The Morgan fingerprint density at radius 3 is 2.80 bits per heavy atom. The zero-order chi connectivity index (χ0) is 21.1. The number of hydrogen-bond donors (Lipinski definition) is 1. The fourth-order valence-electron chi connectivity index (χ4n) is 2.73. The number of fused-ring (bicyclic) bond motifs is 1. The summed E-state index contributed by atoms with van der Waals surface area (Å²) in [5, 5.41) is 19.3. The van der Waals surface area contributed by atoms with Crippen molar-refractivity contribution < 1.29 is 18.8 Å². The smallest absolute Gasteiger partial charge is 0.275 e. The molecule has 0 fully saturated rings. The summed E-state index contributed by atoms with van der Waals surface area (Å²) in [6.45, 7) is 4.33. The highest BCUT2D eigenvalue weighted by molar-refractivity contribution is 5.93. The standard InChI is InChI=1S/C19H19N7O4/c1-4-20-18(27)12-5-6-13(21-9-12)10-29-19-15(28-3)8-16-22-23-17(26(16)24-19)14-7-11(2)30-25-14/h5-9H,4,10H2,1-3H3,(H,20,27). The lowest BCUT2D eigenvalue weighted by molar-refractivity contribution is 0.0955. The molecule has 0 aliphatic carbocycles. The van der Waals surface area contributed by atoms with Gasteiger partial charge in [0.1, 0.15) is 12.4 Å². The molecule has 11 nitrogen and oxygen atoms in total. The molecule has 4 aromatic rings. The Bertz CT molecular complexity index is 1180. The van der Waals surface area contributed by atoms with Crippen molar-refractivity contribution in [1.29, 1.82) is 0 Å². The molecule has 0 bridgehead atoms. The second kappa shape index (κ2) is 8.15. The number of methoxy groups -OCH3 is 1. The maximum Gasteiger partial charge on any atom is 0.275 e. The van der Waals surface area contributed by atoms with E-state index in [1.165, 1.54) is 17.8 Å². The molecule has 11 heteroatoms. The van der Waals surface area contributed by atoms with E-state index in [4.69, 9.17) is 14.0 Å². The van der Waals surface area contributed by atoms with Crippen molar-refractivity contribution in [3.8, 4) is 23.1 Å². The second-order valence-corrected chi connectivity index (χ2v) is 6.32. The van der Waals surface area contributed by atoms with Gasteiger partial charge in [-0.25, -0.2) is 0 Å². The molecule has 0 atom stereocenters. The number of pyridine rings is 1. The molecule has 154 valence electrons. The molecule has 4 rings (SSSR count). The van der Waals surface area contributed by atoms with Gasteiger partial charge in [0, 0.05) is 24.9 Å². The first-order valence-corrected chi connectivity index (χ1v) is 9.19. The van der Waals surface area contributed by atoms with E-state index in [9.17, 15) is 4.79 Å². The Morgan fingerprint density at radius 2 is 2.13 bits per heavy atom. The molecular formula is C19H19N7O4. The van der Waals surface area contributed by atoms with Crippen LogP contribution in [0.25, 0.3) is 17.2 Å². The Kier molecular flexibility index (Phi) is 5.24. The topological polar surface area (TPSA) is 130 Å². The van der Waals surface area contributed by atoms with E-state index in [2.05, 4.69) is 30.8 Å². The van der Waals surface area contributed by atoms with Crippen LogP contribution in [0.3, 0.4) is 0 Å². The second-order valence-electron chi connectivity index (χ2n) is 6.32. The number of nitrogens with one attached hydrogen (secondary N) is 1. The monoisotopic (exact) mass is 409 g/mol. The number of carbonyl (C=O) groups is 1. The first-order chi connectivity index (χ1) is 14.6. The lowest BCUT2D eigenvalue weighted by atomic mass is 10.2. The summed E-state index contributed by atoms with van der Waals surface area (Å²) in [5.41, 5.74) is 2.09. The van der Waals surface area contributed by atoms with Crippen LogP contribution in [0.2, 0.25) is 0 Å². The van der Waals surface area contributed by atoms with Crippen molar-refractivity contribution in [2.75, 3.05) is 13.7 Å². The minimum absolute atomic E-state index is 0.130. The number of nitrogens with zero attached hydrogens (tertiary/aromatic N) is 6. The molecule has 4 heterocycles. The van der Waals surface area contributed by atoms with E-state index in [-0.39, 0.29) is 18.4 Å². The first-order valence-electron chi connectivity index (χ1n) is 9.19. The van der Waals surface area contributed by atoms with Crippen molar-refractivity contribution in [3.63, 3.8) is 0 Å². The molecule has 1 N–H and O–H groups in total. The summed E-state index contributed by atoms with van der Waals surface area (Å²) < 4.78 is 17.8. The van der Waals surface area contributed by atoms with Gasteiger partial charge in [0.2, 0.25) is 5.82 Å². The van der Waals surface area contributed by atoms with Crippen LogP contribution >= 0.6 is 0 Å². The molecule has 0 spiro atoms. The first kappa shape index (κ1) is 19.3. The number of rotatable bonds is 7. The zero-order valence-corrected chi connectivity index (χ0v) is 16.6. The maximum atomic E-state index is 11.8. The van der Waals surface area contributed by atoms with Crippen molar-refractivity contribution >= 4 is 11.6 Å². The molecular weight excluding hydrogens is 390 g/mol. The average Bonchev–Trinajstić information content (AvgIpc) is 3.37. The third-order valence-corrected chi connectivity index (χ3v) is 4.18. The van der Waals surface area contributed by atoms with Crippen LogP contribution < -0.4 is 14.8 Å². The predicted octanol–water partition coefficient (Wildman–Crippen LogP) is 1.82. The highest BCUT2D eigenvalue weighted by atomic mass is 16.5. The molecule has 0 aliphatic rings. The van der Waals surface area contributed by atoms with E-state index in [1.807, 2.05) is 6.92 Å². The van der Waals surface area contributed by atoms with Gasteiger partial charge < -0.3 is 19.3 Å². The third kappa shape index (κ3) is 3.77. The molecule has 1 amide bonds. The molecule has 30 heavy (non-hydrogen) atoms. The average molecular weight is 409 g/mol. The minimum Gasteiger partial charge on any atom is -0.491 e. The molecule has 0 aromatic carbocycles. The molecule has 0 saturated carbocycles. The highest BCUT2D eigenvalue weighted by Gasteiger charge is 2.18. The number of ether oxygens (including phenoxy) is 2. The lowest BCUT2D eigenvalue weighted by Gasteiger charge is -2.10. The van der Waals surface area contributed by atoms with E-state index >= 15 is 0 Å². The van der Waals surface area contributed by atoms with Gasteiger partial charge in [-0.1, -0.05) is 5.16 Å². The molecule has 0 aliphatic heterocycles. The Morgan fingerprint density at radius 1 is 1.27 bits per heavy atom. The third-order valence-electron chi connectivity index (χ3n) is 4.18. The number of amides is 1. The summed E-state index contributed by atoms with van der Waals surface area (Å²) in [4.78, 5) is 16.1.